The molecular formula is C16H22O7S. The van der Waals surface area contributed by atoms with Gasteiger partial charge in [0, 0.05) is 7.11 Å². The summed E-state index contributed by atoms with van der Waals surface area (Å²) in [5, 5.41) is 0. The molecule has 3 rings (SSSR count). The van der Waals surface area contributed by atoms with Crippen LogP contribution in [0.1, 0.15) is 19.4 Å². The van der Waals surface area contributed by atoms with Gasteiger partial charge in [-0.25, -0.2) is 0 Å². The molecule has 0 N–H and O–H groups in total. The fraction of sp³-hybridized carbons (Fsp3) is 0.625. The van der Waals surface area contributed by atoms with Crippen LogP contribution in [0, 0.1) is 6.92 Å². The zero-order valence-electron chi connectivity index (χ0n) is 14.1. The highest BCUT2D eigenvalue weighted by Gasteiger charge is 2.53. The second-order valence-electron chi connectivity index (χ2n) is 6.40. The van der Waals surface area contributed by atoms with Crippen LogP contribution in [0.2, 0.25) is 0 Å². The minimum absolute atomic E-state index is 0.0725. The van der Waals surface area contributed by atoms with E-state index in [1.54, 1.807) is 26.0 Å². The summed E-state index contributed by atoms with van der Waals surface area (Å²) in [4.78, 5) is 0.0725. The third-order valence-electron chi connectivity index (χ3n) is 4.02. The van der Waals surface area contributed by atoms with Gasteiger partial charge in [-0.15, -0.1) is 0 Å². The van der Waals surface area contributed by atoms with Crippen LogP contribution < -0.4 is 0 Å². The van der Waals surface area contributed by atoms with Gasteiger partial charge in [-0.3, -0.25) is 4.18 Å². The van der Waals surface area contributed by atoms with E-state index in [4.69, 9.17) is 23.1 Å². The van der Waals surface area contributed by atoms with E-state index in [-0.39, 0.29) is 11.5 Å². The highest BCUT2D eigenvalue weighted by atomic mass is 32.2. The van der Waals surface area contributed by atoms with E-state index in [1.807, 2.05) is 6.92 Å². The average molecular weight is 358 g/mol. The molecule has 0 aromatic heterocycles. The standard InChI is InChI=1S/C16H22O7S/c1-10-5-7-11(8-6-10)24(17,18)23-14-13-12(9-20-15(14)19-4)21-16(2,3)22-13/h5-8,12-15H,9H2,1-4H3/t12-,13-,14+,15-/m1/s1. The lowest BCUT2D eigenvalue weighted by Gasteiger charge is -2.35. The maximum absolute atomic E-state index is 12.6. The van der Waals surface area contributed by atoms with Crippen molar-refractivity contribution in [2.45, 2.75) is 56.1 Å². The Labute approximate surface area is 141 Å². The van der Waals surface area contributed by atoms with Gasteiger partial charge >= 0.3 is 0 Å². The second-order valence-corrected chi connectivity index (χ2v) is 7.98. The molecule has 0 saturated carbocycles. The van der Waals surface area contributed by atoms with Gasteiger partial charge in [0.1, 0.15) is 12.2 Å². The van der Waals surface area contributed by atoms with Crippen LogP contribution in [0.5, 0.6) is 0 Å². The molecule has 7 nitrogen and oxygen atoms in total. The third kappa shape index (κ3) is 3.49. The molecule has 24 heavy (non-hydrogen) atoms. The summed E-state index contributed by atoms with van der Waals surface area (Å²) in [6.07, 6.45) is -2.82. The van der Waals surface area contributed by atoms with Crippen LogP contribution in [0.15, 0.2) is 29.2 Å². The molecule has 1 aromatic carbocycles. The Kier molecular flexibility index (Phi) is 4.71. The third-order valence-corrected chi connectivity index (χ3v) is 5.34. The molecule has 2 heterocycles. The van der Waals surface area contributed by atoms with Crippen LogP contribution in [-0.2, 0) is 33.2 Å². The van der Waals surface area contributed by atoms with Crippen molar-refractivity contribution in [3.8, 4) is 0 Å². The van der Waals surface area contributed by atoms with Crippen LogP contribution in [0.25, 0.3) is 0 Å². The number of fused-ring (bicyclic) bond motifs is 1. The highest BCUT2D eigenvalue weighted by Crippen LogP contribution is 2.37. The Morgan fingerprint density at radius 2 is 1.83 bits per heavy atom. The van der Waals surface area contributed by atoms with Gasteiger partial charge in [0.2, 0.25) is 0 Å². The van der Waals surface area contributed by atoms with Crippen LogP contribution in [-0.4, -0.2) is 52.5 Å². The molecule has 0 amide bonds. The van der Waals surface area contributed by atoms with Gasteiger partial charge in [-0.05, 0) is 32.9 Å². The number of hydrogen-bond acceptors (Lipinski definition) is 7. The number of hydrogen-bond donors (Lipinski definition) is 0. The van der Waals surface area contributed by atoms with E-state index in [0.29, 0.717) is 0 Å². The van der Waals surface area contributed by atoms with Gasteiger partial charge in [0.25, 0.3) is 10.1 Å². The zero-order chi connectivity index (χ0) is 17.5. The molecular weight excluding hydrogens is 336 g/mol. The predicted octanol–water partition coefficient (Wildman–Crippen LogP) is 1.59. The largest absolute Gasteiger partial charge is 0.353 e. The first kappa shape index (κ1) is 17.8. The summed E-state index contributed by atoms with van der Waals surface area (Å²) in [6, 6.07) is 6.43. The molecule has 134 valence electrons. The van der Waals surface area contributed by atoms with Crippen molar-refractivity contribution < 1.29 is 31.5 Å². The Morgan fingerprint density at radius 1 is 1.17 bits per heavy atom. The predicted molar refractivity (Wildman–Crippen MR) is 83.8 cm³/mol. The first-order valence-corrected chi connectivity index (χ1v) is 9.13. The Balaban J connectivity index is 1.86. The number of methoxy groups -OCH3 is 1. The van der Waals surface area contributed by atoms with E-state index in [1.165, 1.54) is 19.2 Å². The minimum atomic E-state index is -3.99. The highest BCUT2D eigenvalue weighted by molar-refractivity contribution is 7.86. The fourth-order valence-electron chi connectivity index (χ4n) is 2.92. The lowest BCUT2D eigenvalue weighted by atomic mass is 10.1. The molecule has 0 spiro atoms. The van der Waals surface area contributed by atoms with Gasteiger partial charge in [-0.1, -0.05) is 17.7 Å². The topological polar surface area (TPSA) is 80.3 Å². The average Bonchev–Trinajstić information content (AvgIpc) is 2.82. The first-order chi connectivity index (χ1) is 11.2. The first-order valence-electron chi connectivity index (χ1n) is 7.72. The zero-order valence-corrected chi connectivity index (χ0v) is 14.9. The molecule has 0 unspecified atom stereocenters. The van der Waals surface area contributed by atoms with E-state index in [2.05, 4.69) is 0 Å². The maximum Gasteiger partial charge on any atom is 0.297 e. The molecule has 2 fully saturated rings. The van der Waals surface area contributed by atoms with Crippen molar-refractivity contribution in [1.82, 2.24) is 0 Å². The van der Waals surface area contributed by atoms with E-state index < -0.39 is 40.5 Å². The summed E-state index contributed by atoms with van der Waals surface area (Å²) in [5.74, 6) is -0.837. The summed E-state index contributed by atoms with van der Waals surface area (Å²) in [6.45, 7) is 5.65. The van der Waals surface area contributed by atoms with Crippen molar-refractivity contribution in [2.24, 2.45) is 0 Å². The smallest absolute Gasteiger partial charge is 0.297 e. The van der Waals surface area contributed by atoms with Gasteiger partial charge in [-0.2, -0.15) is 8.42 Å². The molecule has 8 heteroatoms. The maximum atomic E-state index is 12.6. The number of aryl methyl sites for hydroxylation is 1. The Morgan fingerprint density at radius 3 is 2.46 bits per heavy atom. The van der Waals surface area contributed by atoms with Crippen molar-refractivity contribution >= 4 is 10.1 Å². The molecule has 0 aliphatic carbocycles. The molecule has 2 aliphatic rings. The van der Waals surface area contributed by atoms with Crippen molar-refractivity contribution in [2.75, 3.05) is 13.7 Å². The van der Waals surface area contributed by atoms with E-state index >= 15 is 0 Å². The molecule has 4 atom stereocenters. The van der Waals surface area contributed by atoms with Crippen LogP contribution in [0.3, 0.4) is 0 Å². The quantitative estimate of drug-likeness (QED) is 0.756. The fourth-order valence-corrected chi connectivity index (χ4v) is 3.99. The van der Waals surface area contributed by atoms with Crippen LogP contribution >= 0.6 is 0 Å². The number of benzene rings is 1. The van der Waals surface area contributed by atoms with Crippen LogP contribution in [0.4, 0.5) is 0 Å². The summed E-state index contributed by atoms with van der Waals surface area (Å²) < 4.78 is 52.9. The minimum Gasteiger partial charge on any atom is -0.353 e. The molecule has 0 radical (unpaired) electrons. The van der Waals surface area contributed by atoms with Crippen molar-refractivity contribution in [3.05, 3.63) is 29.8 Å². The van der Waals surface area contributed by atoms with E-state index in [0.717, 1.165) is 5.56 Å². The molecule has 2 aliphatic heterocycles. The molecule has 1 aromatic rings. The summed E-state index contributed by atoms with van der Waals surface area (Å²) in [7, 11) is -2.56. The SMILES string of the molecule is CO[C@@H]1OC[C@H]2OC(C)(C)O[C@H]2[C@@H]1OS(=O)(=O)c1ccc(C)cc1. The monoisotopic (exact) mass is 358 g/mol. The number of rotatable bonds is 4. The second kappa shape index (κ2) is 6.36. The molecule has 2 saturated heterocycles. The Bertz CT molecular complexity index is 683. The lowest BCUT2D eigenvalue weighted by Crippen LogP contribution is -2.54. The molecule has 0 bridgehead atoms. The normalized spacial score (nSPS) is 32.5. The Hall–Kier alpha value is -1.03. The van der Waals surface area contributed by atoms with Crippen molar-refractivity contribution in [1.29, 1.82) is 0 Å². The van der Waals surface area contributed by atoms with Crippen molar-refractivity contribution in [3.63, 3.8) is 0 Å². The van der Waals surface area contributed by atoms with Gasteiger partial charge in [0.05, 0.1) is 11.5 Å². The summed E-state index contributed by atoms with van der Waals surface area (Å²) in [5.41, 5.74) is 0.957. The van der Waals surface area contributed by atoms with Gasteiger partial charge in [0.15, 0.2) is 18.2 Å². The lowest BCUT2D eigenvalue weighted by molar-refractivity contribution is -0.233. The number of ether oxygens (including phenoxy) is 4. The van der Waals surface area contributed by atoms with E-state index in [9.17, 15) is 8.42 Å². The summed E-state index contributed by atoms with van der Waals surface area (Å²) >= 11 is 0. The van der Waals surface area contributed by atoms with Gasteiger partial charge < -0.3 is 18.9 Å².